The number of Topliss-reactive ketones (excluding diaryl/α,β-unsaturated/α-hetero) is 1. The molecule has 0 saturated carbocycles. The fourth-order valence-electron chi connectivity index (χ4n) is 1.95. The van der Waals surface area contributed by atoms with E-state index in [2.05, 4.69) is 15.9 Å². The first-order chi connectivity index (χ1) is 8.78. The van der Waals surface area contributed by atoms with Gasteiger partial charge in [-0.25, -0.2) is 8.42 Å². The van der Waals surface area contributed by atoms with Crippen LogP contribution in [0, 0.1) is 0 Å². The van der Waals surface area contributed by atoms with Crippen LogP contribution < -0.4 is 4.74 Å². The lowest BCUT2D eigenvalue weighted by atomic mass is 10.1. The van der Waals surface area contributed by atoms with Gasteiger partial charge in [0.2, 0.25) is 0 Å². The summed E-state index contributed by atoms with van der Waals surface area (Å²) < 4.78 is 29.0. The van der Waals surface area contributed by atoms with Gasteiger partial charge in [-0.15, -0.1) is 0 Å². The molecule has 0 aliphatic carbocycles. The Hall–Kier alpha value is -0.920. The number of hydrogen-bond acceptors (Lipinski definition) is 5. The summed E-state index contributed by atoms with van der Waals surface area (Å²) in [6, 6.07) is 4.88. The number of aliphatic hydroxyl groups excluding tert-OH is 1. The lowest BCUT2D eigenvalue weighted by molar-refractivity contribution is 0.0722. The molecule has 2 atom stereocenters. The summed E-state index contributed by atoms with van der Waals surface area (Å²) in [4.78, 5) is 11.5. The molecule has 1 aliphatic heterocycles. The second kappa shape index (κ2) is 5.22. The van der Waals surface area contributed by atoms with E-state index in [4.69, 9.17) is 4.74 Å². The third-order valence-corrected chi connectivity index (χ3v) is 5.05. The predicted octanol–water partition coefficient (Wildman–Crippen LogP) is 1.19. The molecule has 1 aromatic carbocycles. The van der Waals surface area contributed by atoms with Crippen LogP contribution in [0.3, 0.4) is 0 Å². The maximum absolute atomic E-state index is 11.5. The van der Waals surface area contributed by atoms with Crippen LogP contribution in [-0.2, 0) is 9.84 Å². The molecule has 2 rings (SSSR count). The van der Waals surface area contributed by atoms with Crippen LogP contribution in [0.1, 0.15) is 17.3 Å². The van der Waals surface area contributed by atoms with E-state index in [9.17, 15) is 18.3 Å². The number of hydrogen-bond donors (Lipinski definition) is 1. The fraction of sp³-hybridized carbons (Fsp3) is 0.417. The molecule has 0 amide bonds. The zero-order valence-corrected chi connectivity index (χ0v) is 12.6. The zero-order valence-electron chi connectivity index (χ0n) is 10.2. The van der Waals surface area contributed by atoms with E-state index in [1.54, 1.807) is 18.2 Å². The third kappa shape index (κ3) is 3.34. The molecule has 7 heteroatoms. The largest absolute Gasteiger partial charge is 0.486 e. The lowest BCUT2D eigenvalue weighted by Gasteiger charge is -2.17. The number of benzene rings is 1. The predicted molar refractivity (Wildman–Crippen MR) is 73.2 cm³/mol. The molecule has 1 saturated heterocycles. The van der Waals surface area contributed by atoms with Crippen LogP contribution in [0.2, 0.25) is 0 Å². The van der Waals surface area contributed by atoms with Crippen LogP contribution in [-0.4, -0.2) is 43.0 Å². The highest BCUT2D eigenvalue weighted by Gasteiger charge is 2.38. The summed E-state index contributed by atoms with van der Waals surface area (Å²) in [6.45, 7) is 1.40. The van der Waals surface area contributed by atoms with Crippen molar-refractivity contribution >= 4 is 31.6 Å². The number of aliphatic hydroxyl groups is 1. The van der Waals surface area contributed by atoms with E-state index in [0.29, 0.717) is 5.56 Å². The highest BCUT2D eigenvalue weighted by atomic mass is 79.9. The number of ketones is 1. The molecule has 1 heterocycles. The summed E-state index contributed by atoms with van der Waals surface area (Å²) in [6.07, 6.45) is -1.89. The van der Waals surface area contributed by atoms with E-state index >= 15 is 0 Å². The molecule has 2 unspecified atom stereocenters. The van der Waals surface area contributed by atoms with Crippen LogP contribution in [0.25, 0.3) is 0 Å². The normalized spacial score (nSPS) is 25.2. The molecule has 1 N–H and O–H groups in total. The van der Waals surface area contributed by atoms with Crippen molar-refractivity contribution < 1.29 is 23.1 Å². The van der Waals surface area contributed by atoms with Gasteiger partial charge < -0.3 is 9.84 Å². The van der Waals surface area contributed by atoms with Crippen molar-refractivity contribution in [2.45, 2.75) is 19.1 Å². The third-order valence-electron chi connectivity index (χ3n) is 2.87. The Morgan fingerprint density at radius 2 is 2.11 bits per heavy atom. The van der Waals surface area contributed by atoms with E-state index in [0.717, 1.165) is 4.47 Å². The van der Waals surface area contributed by atoms with E-state index < -0.39 is 22.0 Å². The van der Waals surface area contributed by atoms with Gasteiger partial charge in [0.15, 0.2) is 15.6 Å². The zero-order chi connectivity index (χ0) is 14.2. The van der Waals surface area contributed by atoms with Crippen molar-refractivity contribution in [2.24, 2.45) is 0 Å². The van der Waals surface area contributed by atoms with Crippen molar-refractivity contribution in [1.82, 2.24) is 0 Å². The van der Waals surface area contributed by atoms with Gasteiger partial charge in [-0.2, -0.15) is 0 Å². The molecular formula is C12H13BrO5S. The topological polar surface area (TPSA) is 80.7 Å². The smallest absolute Gasteiger partial charge is 0.163 e. The van der Waals surface area contributed by atoms with E-state index in [-0.39, 0.29) is 23.0 Å². The van der Waals surface area contributed by atoms with Gasteiger partial charge in [0.25, 0.3) is 0 Å². The van der Waals surface area contributed by atoms with Crippen molar-refractivity contribution in [1.29, 1.82) is 0 Å². The summed E-state index contributed by atoms with van der Waals surface area (Å²) in [5.74, 6) is -0.436. The Morgan fingerprint density at radius 3 is 2.63 bits per heavy atom. The average molecular weight is 349 g/mol. The Balaban J connectivity index is 2.27. The average Bonchev–Trinajstić information content (AvgIpc) is 2.54. The second-order valence-corrected chi connectivity index (χ2v) is 7.57. The lowest BCUT2D eigenvalue weighted by Crippen LogP contribution is -2.30. The number of rotatable bonds is 3. The maximum atomic E-state index is 11.5. The van der Waals surface area contributed by atoms with Gasteiger partial charge >= 0.3 is 0 Å². The first-order valence-corrected chi connectivity index (χ1v) is 8.25. The van der Waals surface area contributed by atoms with Gasteiger partial charge in [-0.3, -0.25) is 4.79 Å². The van der Waals surface area contributed by atoms with E-state index in [1.165, 1.54) is 6.92 Å². The maximum Gasteiger partial charge on any atom is 0.163 e. The minimum atomic E-state index is -3.28. The molecule has 0 radical (unpaired) electrons. The van der Waals surface area contributed by atoms with Gasteiger partial charge in [0.05, 0.1) is 17.1 Å². The number of carbonyl (C=O) groups excluding carboxylic acids is 1. The summed E-state index contributed by atoms with van der Waals surface area (Å²) >= 11 is 3.25. The van der Waals surface area contributed by atoms with Crippen LogP contribution in [0.5, 0.6) is 5.75 Å². The summed E-state index contributed by atoms with van der Waals surface area (Å²) in [5.41, 5.74) is 0.353. The number of sulfone groups is 1. The molecule has 1 aromatic rings. The first kappa shape index (κ1) is 14.5. The minimum absolute atomic E-state index is 0.188. The minimum Gasteiger partial charge on any atom is -0.486 e. The van der Waals surface area contributed by atoms with E-state index in [1.807, 2.05) is 0 Å². The highest BCUT2D eigenvalue weighted by Crippen LogP contribution is 2.27. The van der Waals surface area contributed by atoms with Crippen molar-refractivity contribution in [3.63, 3.8) is 0 Å². The number of carbonyl (C=O) groups is 1. The standard InChI is InChI=1S/C12H13BrO5S/c1-7(14)9-4-8(13)2-3-11(9)18-12-6-19(16,17)5-10(12)15/h2-4,10,12,15H,5-6H2,1H3. The van der Waals surface area contributed by atoms with Crippen molar-refractivity contribution in [2.75, 3.05) is 11.5 Å². The summed E-state index contributed by atoms with van der Waals surface area (Å²) in [7, 11) is -3.28. The molecule has 104 valence electrons. The van der Waals surface area contributed by atoms with Gasteiger partial charge in [-0.1, -0.05) is 15.9 Å². The fourth-order valence-corrected chi connectivity index (χ4v) is 3.98. The molecule has 0 aromatic heterocycles. The molecular weight excluding hydrogens is 336 g/mol. The van der Waals surface area contributed by atoms with Crippen LogP contribution >= 0.6 is 15.9 Å². The van der Waals surface area contributed by atoms with Gasteiger partial charge in [-0.05, 0) is 25.1 Å². The number of ether oxygens (including phenoxy) is 1. The van der Waals surface area contributed by atoms with Crippen LogP contribution in [0.4, 0.5) is 0 Å². The van der Waals surface area contributed by atoms with Gasteiger partial charge in [0.1, 0.15) is 18.0 Å². The molecule has 5 nitrogen and oxygen atoms in total. The van der Waals surface area contributed by atoms with Crippen LogP contribution in [0.15, 0.2) is 22.7 Å². The van der Waals surface area contributed by atoms with Gasteiger partial charge in [0, 0.05) is 4.47 Å². The van der Waals surface area contributed by atoms with Crippen molar-refractivity contribution in [3.8, 4) is 5.75 Å². The molecule has 1 aliphatic rings. The Kier molecular flexibility index (Phi) is 3.98. The summed E-state index contributed by atoms with van der Waals surface area (Å²) in [5, 5.41) is 9.67. The molecule has 19 heavy (non-hydrogen) atoms. The van der Waals surface area contributed by atoms with Crippen molar-refractivity contribution in [3.05, 3.63) is 28.2 Å². The first-order valence-electron chi connectivity index (χ1n) is 5.64. The Labute approximate surface area is 119 Å². The highest BCUT2D eigenvalue weighted by molar-refractivity contribution is 9.10. The molecule has 1 fully saturated rings. The number of halogens is 1. The molecule has 0 bridgehead atoms. The SMILES string of the molecule is CC(=O)c1cc(Br)ccc1OC1CS(=O)(=O)CC1O. The quantitative estimate of drug-likeness (QED) is 0.829. The Morgan fingerprint density at radius 1 is 1.42 bits per heavy atom. The Bertz CT molecular complexity index is 611. The molecule has 0 spiro atoms. The second-order valence-electron chi connectivity index (χ2n) is 4.50. The monoisotopic (exact) mass is 348 g/mol.